The molecular weight excluding hydrogens is 356 g/mol. The van der Waals surface area contributed by atoms with Gasteiger partial charge < -0.3 is 19.1 Å². The Hall–Kier alpha value is -3.09. The molecule has 0 aliphatic rings. The minimum atomic E-state index is -2.92. The number of hydrogen-bond donors (Lipinski definition) is 0. The van der Waals surface area contributed by atoms with Crippen LogP contribution >= 0.6 is 0 Å². The first-order valence-electron chi connectivity index (χ1n) is 8.23. The topological polar surface area (TPSA) is 48.0 Å². The van der Waals surface area contributed by atoms with Crippen molar-refractivity contribution in [2.45, 2.75) is 6.61 Å². The molecule has 0 aliphatic carbocycles. The first kappa shape index (κ1) is 20.2. The van der Waals surface area contributed by atoms with Crippen LogP contribution in [0, 0.1) is 0 Å². The van der Waals surface area contributed by atoms with E-state index in [4.69, 9.17) is 9.47 Å². The molecule has 0 aliphatic heterocycles. The van der Waals surface area contributed by atoms with E-state index in [-0.39, 0.29) is 11.7 Å². The first-order chi connectivity index (χ1) is 13.0. The fourth-order valence-electron chi connectivity index (χ4n) is 2.19. The molecule has 27 heavy (non-hydrogen) atoms. The molecule has 144 valence electrons. The van der Waals surface area contributed by atoms with Crippen molar-refractivity contribution in [3.8, 4) is 17.2 Å². The number of likely N-dealkylation sites (N-methyl/N-ethyl adjacent to an activating group) is 1. The molecule has 0 aromatic heterocycles. The lowest BCUT2D eigenvalue weighted by Crippen LogP contribution is -2.29. The summed E-state index contributed by atoms with van der Waals surface area (Å²) in [7, 11) is 3.22. The van der Waals surface area contributed by atoms with Gasteiger partial charge in [0, 0.05) is 18.7 Å². The quantitative estimate of drug-likeness (QED) is 0.623. The van der Waals surface area contributed by atoms with Crippen molar-refractivity contribution in [3.05, 3.63) is 60.2 Å². The molecule has 0 radical (unpaired) electrons. The molecule has 7 heteroatoms. The van der Waals surface area contributed by atoms with E-state index in [2.05, 4.69) is 4.74 Å². The van der Waals surface area contributed by atoms with Gasteiger partial charge in [0.25, 0.3) is 0 Å². The predicted molar refractivity (Wildman–Crippen MR) is 98.2 cm³/mol. The van der Waals surface area contributed by atoms with Crippen molar-refractivity contribution >= 4 is 12.0 Å². The average Bonchev–Trinajstić information content (AvgIpc) is 2.67. The lowest BCUT2D eigenvalue weighted by molar-refractivity contribution is -0.125. The van der Waals surface area contributed by atoms with Crippen molar-refractivity contribution in [2.24, 2.45) is 0 Å². The van der Waals surface area contributed by atoms with E-state index in [0.717, 1.165) is 5.75 Å². The highest BCUT2D eigenvalue weighted by molar-refractivity contribution is 5.92. The van der Waals surface area contributed by atoms with Crippen LogP contribution in [0.2, 0.25) is 0 Å². The second-order valence-electron chi connectivity index (χ2n) is 5.53. The maximum absolute atomic E-state index is 12.4. The van der Waals surface area contributed by atoms with Crippen LogP contribution in [0.1, 0.15) is 5.56 Å². The normalized spacial score (nSPS) is 10.9. The SMILES string of the molecule is COc1ccc(OCCN(C)C(=O)/C=C/c2ccccc2OC(F)F)cc1. The highest BCUT2D eigenvalue weighted by Gasteiger charge is 2.09. The van der Waals surface area contributed by atoms with Crippen LogP contribution in [0.25, 0.3) is 6.08 Å². The van der Waals surface area contributed by atoms with Crippen LogP contribution in [0.4, 0.5) is 8.78 Å². The summed E-state index contributed by atoms with van der Waals surface area (Å²) in [5, 5.41) is 0. The summed E-state index contributed by atoms with van der Waals surface area (Å²) < 4.78 is 39.9. The molecule has 0 saturated heterocycles. The number of alkyl halides is 2. The minimum absolute atomic E-state index is 0.0158. The average molecular weight is 377 g/mol. The third-order valence-electron chi connectivity index (χ3n) is 3.67. The molecule has 2 aromatic carbocycles. The molecule has 0 fully saturated rings. The van der Waals surface area contributed by atoms with Gasteiger partial charge in [0.15, 0.2) is 0 Å². The van der Waals surface area contributed by atoms with E-state index in [1.54, 1.807) is 56.6 Å². The van der Waals surface area contributed by atoms with Crippen LogP contribution in [0.15, 0.2) is 54.6 Å². The summed E-state index contributed by atoms with van der Waals surface area (Å²) in [4.78, 5) is 13.6. The lowest BCUT2D eigenvalue weighted by Gasteiger charge is -2.16. The number of carbonyl (C=O) groups excluding carboxylic acids is 1. The second kappa shape index (κ2) is 10.2. The number of halogens is 2. The molecule has 0 heterocycles. The van der Waals surface area contributed by atoms with Crippen LogP contribution in [-0.4, -0.2) is 44.7 Å². The minimum Gasteiger partial charge on any atom is -0.497 e. The smallest absolute Gasteiger partial charge is 0.387 e. The highest BCUT2D eigenvalue weighted by atomic mass is 19.3. The van der Waals surface area contributed by atoms with E-state index in [9.17, 15) is 13.6 Å². The molecule has 5 nitrogen and oxygen atoms in total. The third kappa shape index (κ3) is 6.62. The zero-order chi connectivity index (χ0) is 19.6. The van der Waals surface area contributed by atoms with E-state index < -0.39 is 6.61 Å². The zero-order valence-electron chi connectivity index (χ0n) is 15.1. The van der Waals surface area contributed by atoms with Gasteiger partial charge in [0.05, 0.1) is 13.7 Å². The van der Waals surface area contributed by atoms with Gasteiger partial charge in [0.2, 0.25) is 5.91 Å². The van der Waals surface area contributed by atoms with Gasteiger partial charge in [-0.15, -0.1) is 0 Å². The number of ether oxygens (including phenoxy) is 3. The largest absolute Gasteiger partial charge is 0.497 e. The van der Waals surface area contributed by atoms with Gasteiger partial charge in [-0.2, -0.15) is 8.78 Å². The summed E-state index contributed by atoms with van der Waals surface area (Å²) in [5.41, 5.74) is 0.397. The molecule has 2 aromatic rings. The molecule has 0 N–H and O–H groups in total. The van der Waals surface area contributed by atoms with Crippen molar-refractivity contribution in [3.63, 3.8) is 0 Å². The molecule has 2 rings (SSSR count). The molecule has 1 amide bonds. The third-order valence-corrected chi connectivity index (χ3v) is 3.67. The van der Waals surface area contributed by atoms with Crippen molar-refractivity contribution in [1.29, 1.82) is 0 Å². The second-order valence-corrected chi connectivity index (χ2v) is 5.53. The van der Waals surface area contributed by atoms with Crippen molar-refractivity contribution in [1.82, 2.24) is 4.90 Å². The molecule has 0 saturated carbocycles. The van der Waals surface area contributed by atoms with Gasteiger partial charge >= 0.3 is 6.61 Å². The summed E-state index contributed by atoms with van der Waals surface area (Å²) in [6, 6.07) is 13.4. The number of hydrogen-bond acceptors (Lipinski definition) is 4. The van der Waals surface area contributed by atoms with Gasteiger partial charge in [-0.25, -0.2) is 0 Å². The fourth-order valence-corrected chi connectivity index (χ4v) is 2.19. The van der Waals surface area contributed by atoms with Crippen molar-refractivity contribution in [2.75, 3.05) is 27.3 Å². The standard InChI is InChI=1S/C20H21F2NO4/c1-23(13-14-26-17-10-8-16(25-2)9-11-17)19(24)12-7-15-5-3-4-6-18(15)27-20(21)22/h3-12,20H,13-14H2,1-2H3/b12-7+. The Morgan fingerprint density at radius 2 is 1.78 bits per heavy atom. The molecule has 0 atom stereocenters. The first-order valence-corrected chi connectivity index (χ1v) is 8.23. The fraction of sp³-hybridized carbons (Fsp3) is 0.250. The summed E-state index contributed by atoms with van der Waals surface area (Å²) >= 11 is 0. The summed E-state index contributed by atoms with van der Waals surface area (Å²) in [6.45, 7) is -2.24. The number of benzene rings is 2. The maximum atomic E-state index is 12.4. The Kier molecular flexibility index (Phi) is 7.61. The Bertz CT molecular complexity index is 763. The number of para-hydroxylation sites is 1. The van der Waals surface area contributed by atoms with E-state index in [1.807, 2.05) is 0 Å². The van der Waals surface area contributed by atoms with Crippen molar-refractivity contribution < 1.29 is 27.8 Å². The molecule has 0 spiro atoms. The molecule has 0 unspecified atom stereocenters. The number of nitrogens with zero attached hydrogens (tertiary/aromatic N) is 1. The van der Waals surface area contributed by atoms with Gasteiger partial charge in [-0.05, 0) is 36.4 Å². The highest BCUT2D eigenvalue weighted by Crippen LogP contribution is 2.21. The van der Waals surface area contributed by atoms with Gasteiger partial charge in [0.1, 0.15) is 23.9 Å². The van der Waals surface area contributed by atoms with Crippen LogP contribution < -0.4 is 14.2 Å². The summed E-state index contributed by atoms with van der Waals surface area (Å²) in [6.07, 6.45) is 2.75. The van der Waals surface area contributed by atoms with E-state index >= 15 is 0 Å². The maximum Gasteiger partial charge on any atom is 0.387 e. The Labute approximate surface area is 156 Å². The number of rotatable bonds is 9. The monoisotopic (exact) mass is 377 g/mol. The lowest BCUT2D eigenvalue weighted by atomic mass is 10.2. The van der Waals surface area contributed by atoms with E-state index in [0.29, 0.717) is 24.5 Å². The van der Waals surface area contributed by atoms with E-state index in [1.165, 1.54) is 23.1 Å². The van der Waals surface area contributed by atoms with Crippen LogP contribution in [-0.2, 0) is 4.79 Å². The van der Waals surface area contributed by atoms with Crippen LogP contribution in [0.3, 0.4) is 0 Å². The Balaban J connectivity index is 1.85. The van der Waals surface area contributed by atoms with Crippen LogP contribution in [0.5, 0.6) is 17.2 Å². The predicted octanol–water partition coefficient (Wildman–Crippen LogP) is 3.85. The number of methoxy groups -OCH3 is 1. The zero-order valence-corrected chi connectivity index (χ0v) is 15.1. The van der Waals surface area contributed by atoms with Gasteiger partial charge in [-0.1, -0.05) is 18.2 Å². The van der Waals surface area contributed by atoms with Gasteiger partial charge in [-0.3, -0.25) is 4.79 Å². The molecular formula is C20H21F2NO4. The Morgan fingerprint density at radius 3 is 2.44 bits per heavy atom. The number of amides is 1. The Morgan fingerprint density at radius 1 is 1.11 bits per heavy atom. The molecule has 0 bridgehead atoms. The number of carbonyl (C=O) groups is 1. The summed E-state index contributed by atoms with van der Waals surface area (Å²) in [5.74, 6) is 1.14.